The Morgan fingerprint density at radius 1 is 0.828 bits per heavy atom. The first kappa shape index (κ1) is 17.4. The van der Waals surface area contributed by atoms with Crippen LogP contribution in [0.4, 0.5) is 0 Å². The van der Waals surface area contributed by atoms with Gasteiger partial charge in [0.15, 0.2) is 11.5 Å². The summed E-state index contributed by atoms with van der Waals surface area (Å²) in [6, 6.07) is 12.8. The third kappa shape index (κ3) is 2.52. The van der Waals surface area contributed by atoms with E-state index in [2.05, 4.69) is 5.10 Å². The molecule has 3 aromatic rings. The van der Waals surface area contributed by atoms with Gasteiger partial charge in [-0.25, -0.2) is 0 Å². The Morgan fingerprint density at radius 3 is 2.03 bits per heavy atom. The summed E-state index contributed by atoms with van der Waals surface area (Å²) in [5.74, 6) is 0.318. The van der Waals surface area contributed by atoms with E-state index in [1.165, 1.54) is 17.3 Å². The van der Waals surface area contributed by atoms with E-state index in [1.54, 1.807) is 32.4 Å². The first-order valence-electron chi connectivity index (χ1n) is 9.34. The van der Waals surface area contributed by atoms with Crippen LogP contribution in [-0.4, -0.2) is 37.3 Å². The van der Waals surface area contributed by atoms with Crippen molar-refractivity contribution in [3.05, 3.63) is 70.3 Å². The van der Waals surface area contributed by atoms with Crippen LogP contribution in [0.2, 0.25) is 0 Å². The standard InChI is InChI=1S/C23H18N2O4/c1-28-18-10-3-13(11-19(18)29-2)12-24-25-22(26)16-8-6-14-4-5-15-7-9-17(23(25)27)21(16)20(14)15/h3,6-12H,4-5H2,1-2H3/b24-12-. The lowest BCUT2D eigenvalue weighted by Crippen LogP contribution is -2.36. The molecule has 1 aliphatic heterocycles. The quantitative estimate of drug-likeness (QED) is 0.508. The van der Waals surface area contributed by atoms with Crippen LogP contribution in [0.1, 0.15) is 37.4 Å². The normalized spacial score (nSPS) is 14.9. The van der Waals surface area contributed by atoms with E-state index in [1.807, 2.05) is 24.3 Å². The summed E-state index contributed by atoms with van der Waals surface area (Å²) in [5, 5.41) is 6.97. The van der Waals surface area contributed by atoms with E-state index in [9.17, 15) is 9.59 Å². The number of rotatable bonds is 4. The molecular formula is C23H18N2O4. The Labute approximate surface area is 167 Å². The van der Waals surface area contributed by atoms with Gasteiger partial charge in [0.2, 0.25) is 0 Å². The second kappa shape index (κ2) is 6.44. The molecule has 0 radical (unpaired) electrons. The van der Waals surface area contributed by atoms with Crippen molar-refractivity contribution in [2.75, 3.05) is 14.2 Å². The molecule has 0 aromatic heterocycles. The average molecular weight is 386 g/mol. The molecule has 0 fully saturated rings. The molecule has 0 bridgehead atoms. The fraction of sp³-hybridized carbons (Fsp3) is 0.174. The molecule has 0 N–H and O–H groups in total. The van der Waals surface area contributed by atoms with E-state index in [0.717, 1.165) is 28.6 Å². The largest absolute Gasteiger partial charge is 0.493 e. The van der Waals surface area contributed by atoms with Crippen molar-refractivity contribution in [1.29, 1.82) is 0 Å². The summed E-state index contributed by atoms with van der Waals surface area (Å²) < 4.78 is 10.5. The monoisotopic (exact) mass is 386 g/mol. The zero-order valence-corrected chi connectivity index (χ0v) is 16.1. The molecule has 144 valence electrons. The van der Waals surface area contributed by atoms with Gasteiger partial charge < -0.3 is 9.47 Å². The highest BCUT2D eigenvalue weighted by Gasteiger charge is 2.35. The number of carbonyl (C=O) groups excluding carboxylic acids is 2. The second-order valence-electron chi connectivity index (χ2n) is 7.08. The molecule has 0 atom stereocenters. The number of nitrogens with zero attached hydrogens (tertiary/aromatic N) is 2. The SMILES string of the molecule is COc1ccc(/C=N\N2C(=O)c3ccc4c5c(ccc(c35)C2=O)CC4)cc1OC. The lowest BCUT2D eigenvalue weighted by Gasteiger charge is -2.23. The Morgan fingerprint density at radius 2 is 1.45 bits per heavy atom. The van der Waals surface area contributed by atoms with E-state index >= 15 is 0 Å². The minimum Gasteiger partial charge on any atom is -0.493 e. The first-order chi connectivity index (χ1) is 14.1. The number of amides is 2. The highest BCUT2D eigenvalue weighted by atomic mass is 16.5. The van der Waals surface area contributed by atoms with Crippen molar-refractivity contribution >= 4 is 28.8 Å². The molecule has 1 heterocycles. The van der Waals surface area contributed by atoms with Gasteiger partial charge in [-0.15, -0.1) is 0 Å². The molecule has 0 unspecified atom stereocenters. The van der Waals surface area contributed by atoms with Gasteiger partial charge in [-0.2, -0.15) is 10.1 Å². The van der Waals surface area contributed by atoms with E-state index in [4.69, 9.17) is 9.47 Å². The predicted octanol–water partition coefficient (Wildman–Crippen LogP) is 3.59. The summed E-state index contributed by atoms with van der Waals surface area (Å²) in [6.45, 7) is 0. The van der Waals surface area contributed by atoms with Crippen molar-refractivity contribution in [2.24, 2.45) is 5.10 Å². The van der Waals surface area contributed by atoms with Crippen LogP contribution in [0, 0.1) is 0 Å². The molecular weight excluding hydrogens is 368 g/mol. The maximum atomic E-state index is 13.0. The third-order valence-electron chi connectivity index (χ3n) is 5.57. The Hall–Kier alpha value is -3.67. The molecule has 6 heteroatoms. The van der Waals surface area contributed by atoms with Gasteiger partial charge in [0, 0.05) is 5.39 Å². The van der Waals surface area contributed by atoms with Crippen molar-refractivity contribution < 1.29 is 19.1 Å². The van der Waals surface area contributed by atoms with Gasteiger partial charge in [-0.05, 0) is 65.3 Å². The fourth-order valence-corrected chi connectivity index (χ4v) is 4.17. The number of hydrogen-bond donors (Lipinski definition) is 0. The first-order valence-corrected chi connectivity index (χ1v) is 9.34. The van der Waals surface area contributed by atoms with Gasteiger partial charge in [0.1, 0.15) is 0 Å². The highest BCUT2D eigenvalue weighted by molar-refractivity contribution is 6.26. The van der Waals surface area contributed by atoms with Crippen LogP contribution >= 0.6 is 0 Å². The number of aryl methyl sites for hydroxylation is 2. The van der Waals surface area contributed by atoms with Gasteiger partial charge in [0.25, 0.3) is 11.8 Å². The van der Waals surface area contributed by atoms with Gasteiger partial charge >= 0.3 is 0 Å². The molecule has 3 aromatic carbocycles. The highest BCUT2D eigenvalue weighted by Crippen LogP contribution is 2.38. The number of ether oxygens (including phenoxy) is 2. The number of imide groups is 1. The summed E-state index contributed by atoms with van der Waals surface area (Å²) in [6.07, 6.45) is 3.36. The maximum Gasteiger partial charge on any atom is 0.282 e. The fourth-order valence-electron chi connectivity index (χ4n) is 4.17. The lowest BCUT2D eigenvalue weighted by atomic mass is 9.92. The van der Waals surface area contributed by atoms with Crippen molar-refractivity contribution in [2.45, 2.75) is 12.8 Å². The smallest absolute Gasteiger partial charge is 0.282 e. The number of benzene rings is 3. The van der Waals surface area contributed by atoms with Crippen LogP contribution in [0.15, 0.2) is 47.6 Å². The summed E-state index contributed by atoms with van der Waals surface area (Å²) in [5.41, 5.74) is 4.12. The minimum atomic E-state index is -0.408. The van der Waals surface area contributed by atoms with Crippen LogP contribution in [0.3, 0.4) is 0 Å². The molecule has 0 saturated carbocycles. The average Bonchev–Trinajstić information content (AvgIpc) is 3.18. The van der Waals surface area contributed by atoms with Crippen molar-refractivity contribution in [3.8, 4) is 11.5 Å². The van der Waals surface area contributed by atoms with Crippen molar-refractivity contribution in [1.82, 2.24) is 5.01 Å². The molecule has 5 rings (SSSR count). The number of hydrazone groups is 1. The van der Waals surface area contributed by atoms with Crippen LogP contribution in [0.5, 0.6) is 11.5 Å². The maximum absolute atomic E-state index is 13.0. The molecule has 0 saturated heterocycles. The zero-order chi connectivity index (χ0) is 20.1. The molecule has 2 aliphatic rings. The second-order valence-corrected chi connectivity index (χ2v) is 7.08. The Kier molecular flexibility index (Phi) is 3.87. The molecule has 6 nitrogen and oxygen atoms in total. The number of carbonyl (C=O) groups is 2. The summed E-state index contributed by atoms with van der Waals surface area (Å²) in [4.78, 5) is 26.1. The summed E-state index contributed by atoms with van der Waals surface area (Å²) in [7, 11) is 3.10. The predicted molar refractivity (Wildman–Crippen MR) is 109 cm³/mol. The molecule has 1 aliphatic carbocycles. The van der Waals surface area contributed by atoms with Crippen molar-refractivity contribution in [3.63, 3.8) is 0 Å². The van der Waals surface area contributed by atoms with Gasteiger partial charge in [-0.3, -0.25) is 9.59 Å². The number of methoxy groups -OCH3 is 2. The van der Waals surface area contributed by atoms with Gasteiger partial charge in [-0.1, -0.05) is 12.1 Å². The van der Waals surface area contributed by atoms with E-state index in [-0.39, 0.29) is 0 Å². The van der Waals surface area contributed by atoms with E-state index in [0.29, 0.717) is 28.2 Å². The summed E-state index contributed by atoms with van der Waals surface area (Å²) >= 11 is 0. The Bertz CT molecular complexity index is 1170. The van der Waals surface area contributed by atoms with Crippen LogP contribution < -0.4 is 9.47 Å². The number of hydrogen-bond acceptors (Lipinski definition) is 5. The Balaban J connectivity index is 1.56. The zero-order valence-electron chi connectivity index (χ0n) is 16.1. The third-order valence-corrected chi connectivity index (χ3v) is 5.57. The van der Waals surface area contributed by atoms with Gasteiger partial charge in [0.05, 0.1) is 31.6 Å². The molecule has 29 heavy (non-hydrogen) atoms. The molecule has 0 spiro atoms. The van der Waals surface area contributed by atoms with Crippen LogP contribution in [-0.2, 0) is 12.8 Å². The minimum absolute atomic E-state index is 0.408. The van der Waals surface area contributed by atoms with Crippen LogP contribution in [0.25, 0.3) is 10.8 Å². The topological polar surface area (TPSA) is 68.2 Å². The lowest BCUT2D eigenvalue weighted by molar-refractivity contribution is 0.0616. The molecule has 2 amide bonds. The van der Waals surface area contributed by atoms with E-state index < -0.39 is 11.8 Å².